The fraction of sp³-hybridized carbons (Fsp3) is 0. The standard InChI is InChI=1S/C13H7FN2O3S/c14-8-3-1-2-7(4-8)11-5-9-12(20-11)10(16(18)19)6-15-13(9)17/h1-6H,(H,15,17). The second-order valence-electron chi connectivity index (χ2n) is 4.12. The molecule has 2 aromatic heterocycles. The molecular weight excluding hydrogens is 283 g/mol. The summed E-state index contributed by atoms with van der Waals surface area (Å²) < 4.78 is 13.5. The number of pyridine rings is 1. The lowest BCUT2D eigenvalue weighted by atomic mass is 10.1. The summed E-state index contributed by atoms with van der Waals surface area (Å²) in [6, 6.07) is 7.42. The third-order valence-corrected chi connectivity index (χ3v) is 4.06. The van der Waals surface area contributed by atoms with Crippen molar-refractivity contribution in [2.75, 3.05) is 0 Å². The van der Waals surface area contributed by atoms with Gasteiger partial charge in [0, 0.05) is 4.88 Å². The number of aromatic amines is 1. The van der Waals surface area contributed by atoms with E-state index in [2.05, 4.69) is 4.98 Å². The first kappa shape index (κ1) is 12.5. The molecule has 1 aromatic carbocycles. The van der Waals surface area contributed by atoms with Crippen LogP contribution < -0.4 is 5.56 Å². The molecule has 0 atom stereocenters. The molecule has 0 spiro atoms. The van der Waals surface area contributed by atoms with Gasteiger partial charge in [0.15, 0.2) is 0 Å². The number of nitrogens with one attached hydrogen (secondary N) is 1. The van der Waals surface area contributed by atoms with Crippen LogP contribution in [0.25, 0.3) is 20.5 Å². The van der Waals surface area contributed by atoms with E-state index in [1.54, 1.807) is 18.2 Å². The minimum Gasteiger partial charge on any atom is -0.322 e. The molecule has 3 rings (SSSR count). The van der Waals surface area contributed by atoms with E-state index in [4.69, 9.17) is 0 Å². The van der Waals surface area contributed by atoms with Crippen LogP contribution in [0.5, 0.6) is 0 Å². The second kappa shape index (κ2) is 4.53. The Morgan fingerprint density at radius 2 is 2.10 bits per heavy atom. The van der Waals surface area contributed by atoms with Crippen molar-refractivity contribution in [1.82, 2.24) is 4.98 Å². The SMILES string of the molecule is O=c1[nH]cc([N+](=O)[O-])c2sc(-c3cccc(F)c3)cc12. The minimum absolute atomic E-state index is 0.160. The third-order valence-electron chi connectivity index (χ3n) is 2.86. The van der Waals surface area contributed by atoms with Gasteiger partial charge in [0.05, 0.1) is 16.5 Å². The molecule has 7 heteroatoms. The molecule has 2 heterocycles. The summed E-state index contributed by atoms with van der Waals surface area (Å²) in [5.41, 5.74) is 0.0247. The van der Waals surface area contributed by atoms with E-state index in [0.29, 0.717) is 10.4 Å². The number of hydrogen-bond donors (Lipinski definition) is 1. The Bertz CT molecular complexity index is 885. The Morgan fingerprint density at radius 1 is 1.30 bits per heavy atom. The molecule has 0 radical (unpaired) electrons. The number of benzene rings is 1. The van der Waals surface area contributed by atoms with E-state index >= 15 is 0 Å². The number of nitrogens with zero attached hydrogens (tertiary/aromatic N) is 1. The first-order valence-corrected chi connectivity index (χ1v) is 6.43. The van der Waals surface area contributed by atoms with E-state index in [1.165, 1.54) is 12.1 Å². The van der Waals surface area contributed by atoms with E-state index in [0.717, 1.165) is 17.5 Å². The lowest BCUT2D eigenvalue weighted by molar-refractivity contribution is -0.383. The summed E-state index contributed by atoms with van der Waals surface area (Å²) in [7, 11) is 0. The molecule has 0 saturated heterocycles. The van der Waals surface area contributed by atoms with Crippen molar-refractivity contribution in [3.05, 3.63) is 62.8 Å². The molecule has 1 N–H and O–H groups in total. The van der Waals surface area contributed by atoms with Gasteiger partial charge in [0.1, 0.15) is 10.5 Å². The molecule has 0 amide bonds. The Morgan fingerprint density at radius 3 is 2.80 bits per heavy atom. The highest BCUT2D eigenvalue weighted by atomic mass is 32.1. The van der Waals surface area contributed by atoms with Crippen LogP contribution in [0.2, 0.25) is 0 Å². The van der Waals surface area contributed by atoms with Crippen LogP contribution in [0, 0.1) is 15.9 Å². The summed E-state index contributed by atoms with van der Waals surface area (Å²) in [6.45, 7) is 0. The molecule has 0 fully saturated rings. The number of aromatic nitrogens is 1. The molecule has 3 aromatic rings. The Hall–Kier alpha value is -2.54. The molecule has 0 saturated carbocycles. The fourth-order valence-electron chi connectivity index (χ4n) is 1.95. The summed E-state index contributed by atoms with van der Waals surface area (Å²) in [5, 5.41) is 11.2. The number of hydrogen-bond acceptors (Lipinski definition) is 4. The zero-order valence-corrected chi connectivity index (χ0v) is 10.7. The van der Waals surface area contributed by atoms with Crippen molar-refractivity contribution in [3.63, 3.8) is 0 Å². The fourth-order valence-corrected chi connectivity index (χ4v) is 3.09. The number of fused-ring (bicyclic) bond motifs is 1. The molecule has 0 aliphatic heterocycles. The van der Waals surface area contributed by atoms with Gasteiger partial charge in [0.2, 0.25) is 0 Å². The number of H-pyrrole nitrogens is 1. The summed E-state index contributed by atoms with van der Waals surface area (Å²) in [4.78, 5) is 25.1. The molecule has 100 valence electrons. The van der Waals surface area contributed by atoms with Crippen LogP contribution >= 0.6 is 11.3 Å². The highest BCUT2D eigenvalue weighted by Gasteiger charge is 2.18. The van der Waals surface area contributed by atoms with Crippen LogP contribution in [-0.4, -0.2) is 9.91 Å². The maximum Gasteiger partial charge on any atom is 0.303 e. The minimum atomic E-state index is -0.551. The first-order chi connectivity index (χ1) is 9.56. The largest absolute Gasteiger partial charge is 0.322 e. The molecule has 0 aliphatic carbocycles. The van der Waals surface area contributed by atoms with Crippen molar-refractivity contribution in [3.8, 4) is 10.4 Å². The van der Waals surface area contributed by atoms with E-state index in [-0.39, 0.29) is 15.8 Å². The van der Waals surface area contributed by atoms with Crippen LogP contribution in [0.1, 0.15) is 0 Å². The summed E-state index contributed by atoms with van der Waals surface area (Å²) in [6.07, 6.45) is 1.08. The van der Waals surface area contributed by atoms with Crippen molar-refractivity contribution in [2.45, 2.75) is 0 Å². The maximum absolute atomic E-state index is 13.2. The highest BCUT2D eigenvalue weighted by Crippen LogP contribution is 2.36. The van der Waals surface area contributed by atoms with Crippen molar-refractivity contribution in [1.29, 1.82) is 0 Å². The van der Waals surface area contributed by atoms with Crippen molar-refractivity contribution in [2.24, 2.45) is 0 Å². The highest BCUT2D eigenvalue weighted by molar-refractivity contribution is 7.22. The number of rotatable bonds is 2. The molecule has 20 heavy (non-hydrogen) atoms. The predicted octanol–water partition coefficient (Wildman–Crippen LogP) is 3.30. The summed E-state index contributed by atoms with van der Waals surface area (Å²) >= 11 is 1.10. The predicted molar refractivity (Wildman–Crippen MR) is 74.5 cm³/mol. The van der Waals surface area contributed by atoms with Gasteiger partial charge in [-0.15, -0.1) is 11.3 Å². The molecule has 0 unspecified atom stereocenters. The smallest absolute Gasteiger partial charge is 0.303 e. The molecule has 5 nitrogen and oxygen atoms in total. The first-order valence-electron chi connectivity index (χ1n) is 5.62. The van der Waals surface area contributed by atoms with Crippen molar-refractivity contribution >= 4 is 27.1 Å². The van der Waals surface area contributed by atoms with Gasteiger partial charge in [-0.2, -0.15) is 0 Å². The topological polar surface area (TPSA) is 76.0 Å². The van der Waals surface area contributed by atoms with Gasteiger partial charge >= 0.3 is 5.69 Å². The number of nitro groups is 1. The maximum atomic E-state index is 13.2. The monoisotopic (exact) mass is 290 g/mol. The lowest BCUT2D eigenvalue weighted by Gasteiger charge is -1.95. The van der Waals surface area contributed by atoms with E-state index < -0.39 is 16.3 Å². The van der Waals surface area contributed by atoms with E-state index in [9.17, 15) is 19.3 Å². The Labute approximate surface area is 115 Å². The van der Waals surface area contributed by atoms with Gasteiger partial charge < -0.3 is 4.98 Å². The quantitative estimate of drug-likeness (QED) is 0.581. The normalized spacial score (nSPS) is 10.8. The lowest BCUT2D eigenvalue weighted by Crippen LogP contribution is -2.05. The molecular formula is C13H7FN2O3S. The zero-order chi connectivity index (χ0) is 14.3. The molecule has 0 bridgehead atoms. The number of halogens is 1. The van der Waals surface area contributed by atoms with Crippen LogP contribution in [0.15, 0.2) is 41.3 Å². The Kier molecular flexibility index (Phi) is 2.83. The van der Waals surface area contributed by atoms with Gasteiger partial charge in [-0.25, -0.2) is 4.39 Å². The van der Waals surface area contributed by atoms with Crippen LogP contribution in [-0.2, 0) is 0 Å². The van der Waals surface area contributed by atoms with E-state index in [1.807, 2.05) is 0 Å². The van der Waals surface area contributed by atoms with Gasteiger partial charge in [-0.1, -0.05) is 12.1 Å². The van der Waals surface area contributed by atoms with Crippen LogP contribution in [0.4, 0.5) is 10.1 Å². The average molecular weight is 290 g/mol. The second-order valence-corrected chi connectivity index (χ2v) is 5.18. The average Bonchev–Trinajstić information content (AvgIpc) is 2.84. The van der Waals surface area contributed by atoms with Gasteiger partial charge in [0.25, 0.3) is 5.56 Å². The van der Waals surface area contributed by atoms with Crippen LogP contribution in [0.3, 0.4) is 0 Å². The zero-order valence-electron chi connectivity index (χ0n) is 9.92. The number of thiophene rings is 1. The van der Waals surface area contributed by atoms with Gasteiger partial charge in [-0.05, 0) is 23.8 Å². The van der Waals surface area contributed by atoms with Gasteiger partial charge in [-0.3, -0.25) is 14.9 Å². The third kappa shape index (κ3) is 1.97. The molecule has 0 aliphatic rings. The Balaban J connectivity index is 2.30. The van der Waals surface area contributed by atoms with Crippen molar-refractivity contribution < 1.29 is 9.31 Å². The summed E-state index contributed by atoms with van der Waals surface area (Å²) in [5.74, 6) is -0.400.